The van der Waals surface area contributed by atoms with E-state index in [4.69, 9.17) is 9.72 Å². The van der Waals surface area contributed by atoms with Crippen molar-refractivity contribution >= 4 is 44.6 Å². The summed E-state index contributed by atoms with van der Waals surface area (Å²) in [5, 5.41) is 2.34. The standard InChI is InChI=1S/C73H66N4O/c1-71(2,3)50-32-34-58-59-35-33-54(45-67(59)77(66(58)42-50)68-43-51(36-37-74-68)72(4,5)6)78-55-39-49(69-60-28-18-16-26-56(60)57-27-17-19-29-61(57)69)38-53(44-55)75-46-76(65-31-21-20-30-64(65)75)70-62(47-22-12-10-13-23-47)40-52(73(7,8)9)41-63(70)48-24-14-11-15-25-48/h10-45,69H,46H2,1-9H3. The minimum absolute atomic E-state index is 0.00357. The van der Waals surface area contributed by atoms with Crippen molar-refractivity contribution in [1.29, 1.82) is 0 Å². The van der Waals surface area contributed by atoms with Gasteiger partial charge in [-0.05, 0) is 139 Å². The molecule has 0 fully saturated rings. The lowest BCUT2D eigenvalue weighted by Crippen LogP contribution is -2.25. The van der Waals surface area contributed by atoms with E-state index in [0.29, 0.717) is 6.67 Å². The number of anilines is 4. The number of aromatic nitrogens is 2. The van der Waals surface area contributed by atoms with E-state index in [9.17, 15) is 0 Å². The summed E-state index contributed by atoms with van der Waals surface area (Å²) in [6.45, 7) is 21.2. The van der Waals surface area contributed by atoms with Gasteiger partial charge in [-0.25, -0.2) is 4.98 Å². The Hall–Kier alpha value is -8.67. The van der Waals surface area contributed by atoms with E-state index in [2.05, 4.69) is 289 Å². The smallest absolute Gasteiger partial charge is 0.137 e. The Balaban J connectivity index is 0.999. The molecule has 0 amide bonds. The number of pyridine rings is 1. The highest BCUT2D eigenvalue weighted by Crippen LogP contribution is 2.54. The second-order valence-electron chi connectivity index (χ2n) is 24.5. The SMILES string of the molecule is CC(C)(C)c1ccnc(-n2c3cc(Oc4cc(C5c6ccccc6-c6ccccc65)cc(N5CN(c6c(-c7ccccc7)cc(C(C)(C)C)cc6-c6ccccc6)c6ccccc65)c4)ccc3c3ccc(C(C)(C)C)cc32)c1. The molecule has 3 heterocycles. The quantitative estimate of drug-likeness (QED) is 0.152. The van der Waals surface area contributed by atoms with Crippen molar-refractivity contribution in [3.05, 3.63) is 252 Å². The molecule has 5 heteroatoms. The van der Waals surface area contributed by atoms with Crippen LogP contribution < -0.4 is 14.5 Å². The second-order valence-corrected chi connectivity index (χ2v) is 24.5. The summed E-state index contributed by atoms with van der Waals surface area (Å²) in [4.78, 5) is 10.1. The maximum Gasteiger partial charge on any atom is 0.137 e. The molecule has 0 spiro atoms. The molecular weight excluding hydrogens is 949 g/mol. The maximum atomic E-state index is 7.33. The lowest BCUT2D eigenvalue weighted by Gasteiger charge is -2.30. The van der Waals surface area contributed by atoms with Gasteiger partial charge in [-0.1, -0.05) is 196 Å². The van der Waals surface area contributed by atoms with Gasteiger partial charge in [0.15, 0.2) is 0 Å². The fraction of sp³-hybridized carbons (Fsp3) is 0.192. The van der Waals surface area contributed by atoms with Gasteiger partial charge in [-0.2, -0.15) is 0 Å². The van der Waals surface area contributed by atoms with Crippen molar-refractivity contribution in [3.63, 3.8) is 0 Å². The van der Waals surface area contributed by atoms with Gasteiger partial charge in [0, 0.05) is 51.8 Å². The number of hydrogen-bond acceptors (Lipinski definition) is 4. The number of ether oxygens (including phenoxy) is 1. The van der Waals surface area contributed by atoms with Crippen molar-refractivity contribution < 1.29 is 4.74 Å². The minimum Gasteiger partial charge on any atom is -0.457 e. The first kappa shape index (κ1) is 48.9. The van der Waals surface area contributed by atoms with Gasteiger partial charge in [0.05, 0.1) is 28.1 Å². The predicted octanol–water partition coefficient (Wildman–Crippen LogP) is 19.6. The van der Waals surface area contributed by atoms with E-state index < -0.39 is 0 Å². The Morgan fingerprint density at radius 1 is 0.423 bits per heavy atom. The molecule has 2 aliphatic rings. The van der Waals surface area contributed by atoms with Gasteiger partial charge in [0.2, 0.25) is 0 Å². The molecule has 384 valence electrons. The molecule has 0 saturated heterocycles. The molecule has 5 nitrogen and oxygen atoms in total. The zero-order valence-electron chi connectivity index (χ0n) is 46.3. The van der Waals surface area contributed by atoms with Gasteiger partial charge in [-0.15, -0.1) is 0 Å². The van der Waals surface area contributed by atoms with Crippen molar-refractivity contribution in [2.24, 2.45) is 0 Å². The van der Waals surface area contributed by atoms with Crippen LogP contribution in [0.25, 0.3) is 61.0 Å². The number of nitrogens with zero attached hydrogens (tertiary/aromatic N) is 4. The average molecular weight is 1020 g/mol. The third-order valence-electron chi connectivity index (χ3n) is 16.2. The van der Waals surface area contributed by atoms with Crippen LogP contribution in [0.15, 0.2) is 219 Å². The van der Waals surface area contributed by atoms with Crippen LogP contribution in [0, 0.1) is 0 Å². The topological polar surface area (TPSA) is 33.5 Å². The Bertz CT molecular complexity index is 4000. The second kappa shape index (κ2) is 18.5. The molecule has 1 aliphatic heterocycles. The number of hydrogen-bond donors (Lipinski definition) is 0. The number of fused-ring (bicyclic) bond motifs is 7. The third kappa shape index (κ3) is 8.53. The molecule has 1 aliphatic carbocycles. The molecular formula is C73H66N4O. The number of rotatable bonds is 8. The molecule has 0 bridgehead atoms. The van der Waals surface area contributed by atoms with Crippen LogP contribution in [0.4, 0.5) is 22.7 Å². The van der Waals surface area contributed by atoms with Crippen LogP contribution in [-0.4, -0.2) is 16.2 Å². The van der Waals surface area contributed by atoms with Crippen molar-refractivity contribution in [1.82, 2.24) is 9.55 Å². The summed E-state index contributed by atoms with van der Waals surface area (Å²) in [5.74, 6) is 2.42. The van der Waals surface area contributed by atoms with Gasteiger partial charge < -0.3 is 14.5 Å². The zero-order valence-corrected chi connectivity index (χ0v) is 46.3. The molecule has 0 atom stereocenters. The first-order valence-corrected chi connectivity index (χ1v) is 27.6. The summed E-state index contributed by atoms with van der Waals surface area (Å²) in [6, 6.07) is 78.3. The third-order valence-corrected chi connectivity index (χ3v) is 16.2. The molecule has 2 aromatic heterocycles. The summed E-state index contributed by atoms with van der Waals surface area (Å²) >= 11 is 0. The average Bonchev–Trinajstić information content (AvgIpc) is 4.32. The zero-order chi connectivity index (χ0) is 53.7. The summed E-state index contributed by atoms with van der Waals surface area (Å²) in [5.41, 5.74) is 21.5. The first-order valence-electron chi connectivity index (χ1n) is 27.6. The molecule has 0 N–H and O–H groups in total. The van der Waals surface area contributed by atoms with Gasteiger partial charge in [0.25, 0.3) is 0 Å². The Labute approximate surface area is 460 Å². The van der Waals surface area contributed by atoms with E-state index in [1.54, 1.807) is 0 Å². The fourth-order valence-corrected chi connectivity index (χ4v) is 12.1. The first-order chi connectivity index (χ1) is 37.6. The van der Waals surface area contributed by atoms with Gasteiger partial charge in [-0.3, -0.25) is 4.57 Å². The van der Waals surface area contributed by atoms with Crippen molar-refractivity contribution in [2.75, 3.05) is 16.5 Å². The normalized spacial score (nSPS) is 13.6. The molecule has 78 heavy (non-hydrogen) atoms. The predicted molar refractivity (Wildman–Crippen MR) is 327 cm³/mol. The van der Waals surface area contributed by atoms with Crippen LogP contribution in [0.1, 0.15) is 102 Å². The number of benzene rings is 9. The highest BCUT2D eigenvalue weighted by atomic mass is 16.5. The van der Waals surface area contributed by atoms with Gasteiger partial charge >= 0.3 is 0 Å². The maximum absolute atomic E-state index is 7.33. The van der Waals surface area contributed by atoms with Crippen LogP contribution in [0.3, 0.4) is 0 Å². The van der Waals surface area contributed by atoms with E-state index in [-0.39, 0.29) is 22.2 Å². The van der Waals surface area contributed by atoms with Crippen molar-refractivity contribution in [3.8, 4) is 50.7 Å². The molecule has 11 aromatic rings. The monoisotopic (exact) mass is 1010 g/mol. The molecule has 0 radical (unpaired) electrons. The van der Waals surface area contributed by atoms with Crippen LogP contribution in [0.5, 0.6) is 11.5 Å². The Kier molecular flexibility index (Phi) is 11.6. The molecule has 0 unspecified atom stereocenters. The van der Waals surface area contributed by atoms with E-state index in [1.165, 1.54) is 77.8 Å². The van der Waals surface area contributed by atoms with Crippen LogP contribution in [0.2, 0.25) is 0 Å². The largest absolute Gasteiger partial charge is 0.457 e. The molecule has 0 saturated carbocycles. The minimum atomic E-state index is -0.0834. The summed E-state index contributed by atoms with van der Waals surface area (Å²) in [6.07, 6.45) is 1.96. The summed E-state index contributed by atoms with van der Waals surface area (Å²) < 4.78 is 9.67. The molecule has 13 rings (SSSR count). The molecule has 9 aromatic carbocycles. The van der Waals surface area contributed by atoms with Crippen molar-refractivity contribution in [2.45, 2.75) is 84.5 Å². The van der Waals surface area contributed by atoms with E-state index >= 15 is 0 Å². The fourth-order valence-electron chi connectivity index (χ4n) is 12.1. The van der Waals surface area contributed by atoms with Crippen LogP contribution >= 0.6 is 0 Å². The van der Waals surface area contributed by atoms with Crippen LogP contribution in [-0.2, 0) is 16.2 Å². The highest BCUT2D eigenvalue weighted by molar-refractivity contribution is 6.10. The van der Waals surface area contributed by atoms with E-state index in [1.807, 2.05) is 6.20 Å². The Morgan fingerprint density at radius 2 is 0.949 bits per heavy atom. The summed E-state index contributed by atoms with van der Waals surface area (Å²) in [7, 11) is 0. The highest BCUT2D eigenvalue weighted by Gasteiger charge is 2.35. The van der Waals surface area contributed by atoms with Gasteiger partial charge in [0.1, 0.15) is 24.0 Å². The number of para-hydroxylation sites is 2. The lowest BCUT2D eigenvalue weighted by molar-refractivity contribution is 0.482. The van der Waals surface area contributed by atoms with E-state index in [0.717, 1.165) is 50.8 Å². The Morgan fingerprint density at radius 3 is 1.55 bits per heavy atom. The lowest BCUT2D eigenvalue weighted by atomic mass is 9.82.